The van der Waals surface area contributed by atoms with Gasteiger partial charge in [-0.2, -0.15) is 0 Å². The third-order valence-corrected chi connectivity index (χ3v) is 6.74. The molecule has 0 bridgehead atoms. The lowest BCUT2D eigenvalue weighted by Gasteiger charge is -2.29. The highest BCUT2D eigenvalue weighted by Crippen LogP contribution is 2.48. The summed E-state index contributed by atoms with van der Waals surface area (Å²) in [4.78, 5) is 5.06. The quantitative estimate of drug-likeness (QED) is 0.578. The molecular weight excluding hydrogens is 395 g/mol. The molecule has 1 aliphatic heterocycles. The van der Waals surface area contributed by atoms with E-state index in [-0.39, 0.29) is 11.8 Å². The molecule has 0 aliphatic carbocycles. The Morgan fingerprint density at radius 2 is 2.04 bits per heavy atom. The molecule has 7 heteroatoms. The number of anilines is 1. The number of nitrogens with zero attached hydrogens (tertiary/aromatic N) is 2. The number of fused-ring (bicyclic) bond motifs is 1. The maximum absolute atomic E-state index is 10.8. The van der Waals surface area contributed by atoms with Crippen LogP contribution >= 0.6 is 46.9 Å². The van der Waals surface area contributed by atoms with Crippen molar-refractivity contribution in [3.05, 3.63) is 57.3 Å². The number of aliphatic hydroxyl groups excluding tert-OH is 1. The van der Waals surface area contributed by atoms with Crippen molar-refractivity contribution in [1.82, 2.24) is 4.98 Å². The van der Waals surface area contributed by atoms with E-state index in [9.17, 15) is 5.11 Å². The van der Waals surface area contributed by atoms with Crippen LogP contribution in [-0.4, -0.2) is 22.4 Å². The fourth-order valence-corrected chi connectivity index (χ4v) is 5.47. The Hall–Kier alpha value is -1.01. The molecule has 0 atom stereocenters. The van der Waals surface area contributed by atoms with E-state index in [2.05, 4.69) is 23.1 Å². The van der Waals surface area contributed by atoms with E-state index in [0.29, 0.717) is 15.7 Å². The van der Waals surface area contributed by atoms with Crippen molar-refractivity contribution in [2.45, 2.75) is 25.6 Å². The number of rotatable bonds is 4. The number of hydrogen-bond donors (Lipinski definition) is 1. The maximum Gasteiger partial charge on any atom is 0.155 e. The van der Waals surface area contributed by atoms with E-state index in [4.69, 9.17) is 23.2 Å². The summed E-state index contributed by atoms with van der Waals surface area (Å²) < 4.78 is 2.07. The summed E-state index contributed by atoms with van der Waals surface area (Å²) in [6.45, 7) is 4.17. The maximum atomic E-state index is 10.8. The minimum absolute atomic E-state index is 0.169. The normalized spacial score (nSPS) is 14.0. The zero-order chi connectivity index (χ0) is 18.1. The second-order valence-corrected chi connectivity index (χ2v) is 8.37. The van der Waals surface area contributed by atoms with Crippen LogP contribution in [0.4, 0.5) is 5.69 Å². The molecule has 1 aliphatic rings. The van der Waals surface area contributed by atoms with E-state index >= 15 is 0 Å². The number of aromatic nitrogens is 1. The van der Waals surface area contributed by atoms with Crippen LogP contribution in [0, 0.1) is 0 Å². The molecular formula is C18H18Cl2N2OS2. The van der Waals surface area contributed by atoms with Crippen LogP contribution in [0.15, 0.2) is 30.5 Å². The van der Waals surface area contributed by atoms with Crippen LogP contribution in [-0.2, 0) is 5.75 Å². The molecule has 2 aromatic rings. The zero-order valence-electron chi connectivity index (χ0n) is 14.1. The second kappa shape index (κ2) is 7.70. The van der Waals surface area contributed by atoms with Crippen LogP contribution in [0.2, 0.25) is 10.0 Å². The van der Waals surface area contributed by atoms with Gasteiger partial charge in [0.05, 0.1) is 20.6 Å². The van der Waals surface area contributed by atoms with Gasteiger partial charge in [-0.1, -0.05) is 47.3 Å². The van der Waals surface area contributed by atoms with Gasteiger partial charge < -0.3 is 9.41 Å². The lowest BCUT2D eigenvalue weighted by atomic mass is 10.1. The molecule has 25 heavy (non-hydrogen) atoms. The molecule has 0 amide bonds. The number of benzene rings is 1. The average molecular weight is 413 g/mol. The van der Waals surface area contributed by atoms with Crippen molar-refractivity contribution in [3.8, 4) is 0 Å². The van der Waals surface area contributed by atoms with E-state index in [0.717, 1.165) is 27.5 Å². The predicted octanol–water partition coefficient (Wildman–Crippen LogP) is 6.51. The molecule has 0 saturated carbocycles. The summed E-state index contributed by atoms with van der Waals surface area (Å²) in [6, 6.07) is 7.78. The number of aliphatic hydroxyl groups is 1. The largest absolute Gasteiger partial charge is 0.505 e. The minimum Gasteiger partial charge on any atom is -0.505 e. The molecule has 0 radical (unpaired) electrons. The van der Waals surface area contributed by atoms with Crippen molar-refractivity contribution in [2.24, 2.45) is 0 Å². The molecule has 2 heterocycles. The average Bonchev–Trinajstić information content (AvgIpc) is 2.59. The van der Waals surface area contributed by atoms with Crippen LogP contribution in [0.3, 0.4) is 0 Å². The van der Waals surface area contributed by atoms with E-state index < -0.39 is 0 Å². The highest BCUT2D eigenvalue weighted by molar-refractivity contribution is 8.08. The molecule has 0 spiro atoms. The summed E-state index contributed by atoms with van der Waals surface area (Å²) in [6.07, 6.45) is 3.68. The van der Waals surface area contributed by atoms with Crippen molar-refractivity contribution >= 4 is 63.3 Å². The first-order valence-corrected chi connectivity index (χ1v) is 10.7. The lowest BCUT2D eigenvalue weighted by Crippen LogP contribution is -2.23. The number of pyridine rings is 1. The Labute approximate surface area is 166 Å². The predicted molar refractivity (Wildman–Crippen MR) is 113 cm³/mol. The Morgan fingerprint density at radius 1 is 1.28 bits per heavy atom. The third kappa shape index (κ3) is 3.47. The first-order valence-electron chi connectivity index (χ1n) is 7.77. The monoisotopic (exact) mass is 412 g/mol. The van der Waals surface area contributed by atoms with Gasteiger partial charge in [-0.3, -0.25) is 4.98 Å². The molecule has 3 rings (SSSR count). The van der Waals surface area contributed by atoms with Crippen LogP contribution in [0.1, 0.15) is 30.7 Å². The molecule has 0 unspecified atom stereocenters. The SMILES string of the molecule is CSN(c1c(Cl)ccc(C2=C(O)c3ncccc3CS2)c1Cl)C(C)C. The molecule has 132 valence electrons. The zero-order valence-corrected chi connectivity index (χ0v) is 17.2. The van der Waals surface area contributed by atoms with Crippen molar-refractivity contribution in [1.29, 1.82) is 0 Å². The fourth-order valence-electron chi connectivity index (χ4n) is 2.78. The Balaban J connectivity index is 2.16. The van der Waals surface area contributed by atoms with E-state index in [1.807, 2.05) is 30.5 Å². The smallest absolute Gasteiger partial charge is 0.155 e. The van der Waals surface area contributed by atoms with Crippen molar-refractivity contribution in [2.75, 3.05) is 10.6 Å². The summed E-state index contributed by atoms with van der Waals surface area (Å²) in [5.41, 5.74) is 3.19. The summed E-state index contributed by atoms with van der Waals surface area (Å²) in [7, 11) is 0. The number of thioether (sulfide) groups is 1. The summed E-state index contributed by atoms with van der Waals surface area (Å²) in [5.74, 6) is 0.912. The molecule has 0 saturated heterocycles. The summed E-state index contributed by atoms with van der Waals surface area (Å²) >= 11 is 16.3. The highest BCUT2D eigenvalue weighted by atomic mass is 35.5. The van der Waals surface area contributed by atoms with Gasteiger partial charge in [0.15, 0.2) is 5.76 Å². The van der Waals surface area contributed by atoms with Gasteiger partial charge in [0.2, 0.25) is 0 Å². The van der Waals surface area contributed by atoms with Gasteiger partial charge in [0.1, 0.15) is 5.69 Å². The fraction of sp³-hybridized carbons (Fsp3) is 0.278. The van der Waals surface area contributed by atoms with Gasteiger partial charge in [0, 0.05) is 29.8 Å². The molecule has 1 N–H and O–H groups in total. The topological polar surface area (TPSA) is 36.4 Å². The van der Waals surface area contributed by atoms with E-state index in [1.165, 1.54) is 0 Å². The molecule has 3 nitrogen and oxygen atoms in total. The van der Waals surface area contributed by atoms with Gasteiger partial charge in [0.25, 0.3) is 0 Å². The Bertz CT molecular complexity index is 840. The van der Waals surface area contributed by atoms with Crippen LogP contribution in [0.25, 0.3) is 10.7 Å². The van der Waals surface area contributed by atoms with Crippen LogP contribution < -0.4 is 4.31 Å². The van der Waals surface area contributed by atoms with Crippen LogP contribution in [0.5, 0.6) is 0 Å². The second-order valence-electron chi connectivity index (χ2n) is 5.84. The number of halogens is 2. The molecule has 0 fully saturated rings. The Morgan fingerprint density at radius 3 is 2.72 bits per heavy atom. The van der Waals surface area contributed by atoms with Crippen molar-refractivity contribution < 1.29 is 5.11 Å². The number of hydrogen-bond acceptors (Lipinski definition) is 5. The molecule has 1 aromatic carbocycles. The lowest BCUT2D eigenvalue weighted by molar-refractivity contribution is 0.510. The highest BCUT2D eigenvalue weighted by Gasteiger charge is 2.26. The van der Waals surface area contributed by atoms with Crippen molar-refractivity contribution in [3.63, 3.8) is 0 Å². The Kier molecular flexibility index (Phi) is 5.78. The summed E-state index contributed by atoms with van der Waals surface area (Å²) in [5, 5.41) is 11.9. The van der Waals surface area contributed by atoms with Gasteiger partial charge >= 0.3 is 0 Å². The first-order chi connectivity index (χ1) is 12.0. The van der Waals surface area contributed by atoms with Gasteiger partial charge in [-0.25, -0.2) is 0 Å². The molecule has 1 aromatic heterocycles. The minimum atomic E-state index is 0.169. The third-order valence-electron chi connectivity index (χ3n) is 3.90. The van der Waals surface area contributed by atoms with Gasteiger partial charge in [-0.15, -0.1) is 11.8 Å². The first kappa shape index (κ1) is 18.8. The van der Waals surface area contributed by atoms with Gasteiger partial charge in [-0.05, 0) is 31.5 Å². The standard InChI is InChI=1S/C18H18Cl2N2OS2/c1-10(2)22(24-3)16-13(19)7-6-12(14(16)20)18-17(23)15-11(9-25-18)5-4-8-21-15/h4-8,10,23H,9H2,1-3H3. The van der Waals surface area contributed by atoms with E-state index in [1.54, 1.807) is 29.9 Å².